The number of hydrogen-bond acceptors (Lipinski definition) is 2. The number of rotatable bonds is 2. The predicted molar refractivity (Wildman–Crippen MR) is 37.7 cm³/mol. The van der Waals surface area contributed by atoms with Gasteiger partial charge in [-0.25, -0.2) is 4.39 Å². The normalized spacial score (nSPS) is 9.27. The van der Waals surface area contributed by atoms with Crippen LogP contribution in [0.5, 0.6) is 5.75 Å². The first kappa shape index (κ1) is 7.72. The van der Waals surface area contributed by atoms with Gasteiger partial charge < -0.3 is 4.74 Å². The van der Waals surface area contributed by atoms with Gasteiger partial charge in [-0.2, -0.15) is 0 Å². The zero-order valence-corrected chi connectivity index (χ0v) is 5.93. The summed E-state index contributed by atoms with van der Waals surface area (Å²) in [6, 6.07) is 3.68. The van der Waals surface area contributed by atoms with Gasteiger partial charge in [-0.1, -0.05) is 0 Å². The minimum Gasteiger partial charge on any atom is -0.496 e. The summed E-state index contributed by atoms with van der Waals surface area (Å²) in [5, 5.41) is 0. The molecular formula is C8H6FO2. The van der Waals surface area contributed by atoms with Crippen molar-refractivity contribution in [3.63, 3.8) is 0 Å². The van der Waals surface area contributed by atoms with Gasteiger partial charge in [-0.15, -0.1) is 0 Å². The number of hydrogen-bond donors (Lipinski definition) is 0. The Balaban J connectivity index is 3.16. The molecule has 1 aromatic rings. The van der Waals surface area contributed by atoms with Crippen LogP contribution in [0.1, 0.15) is 5.56 Å². The molecule has 0 N–H and O–H groups in total. The second kappa shape index (κ2) is 3.14. The Bertz CT molecular complexity index is 271. The number of carbonyl (C=O) groups excluding carboxylic acids is 1. The van der Waals surface area contributed by atoms with Crippen molar-refractivity contribution in [1.82, 2.24) is 0 Å². The molecule has 1 radical (unpaired) electrons. The first-order chi connectivity index (χ1) is 5.27. The van der Waals surface area contributed by atoms with E-state index in [1.54, 1.807) is 6.29 Å². The SMILES string of the molecule is COc1ccc(F)cc1[C]=O. The van der Waals surface area contributed by atoms with E-state index < -0.39 is 5.82 Å². The number of methoxy groups -OCH3 is 1. The third-order valence-electron chi connectivity index (χ3n) is 1.27. The summed E-state index contributed by atoms with van der Waals surface area (Å²) >= 11 is 0. The van der Waals surface area contributed by atoms with Crippen LogP contribution >= 0.6 is 0 Å². The standard InChI is InChI=1S/C8H6FO2/c1-11-8-3-2-7(9)4-6(8)5-10/h2-4H,1H3. The van der Waals surface area contributed by atoms with Crippen molar-refractivity contribution in [2.24, 2.45) is 0 Å². The molecule has 0 amide bonds. The van der Waals surface area contributed by atoms with Crippen molar-refractivity contribution < 1.29 is 13.9 Å². The van der Waals surface area contributed by atoms with Crippen LogP contribution in [0.4, 0.5) is 4.39 Å². The summed E-state index contributed by atoms with van der Waals surface area (Å²) in [6.07, 6.45) is 1.57. The average molecular weight is 153 g/mol. The van der Waals surface area contributed by atoms with Gasteiger partial charge in [0.05, 0.1) is 12.7 Å². The van der Waals surface area contributed by atoms with E-state index in [2.05, 4.69) is 0 Å². The Morgan fingerprint density at radius 1 is 1.55 bits per heavy atom. The zero-order valence-electron chi connectivity index (χ0n) is 5.93. The third-order valence-corrected chi connectivity index (χ3v) is 1.27. The Morgan fingerprint density at radius 3 is 2.82 bits per heavy atom. The molecule has 57 valence electrons. The summed E-state index contributed by atoms with van der Waals surface area (Å²) in [5.74, 6) is -0.134. The van der Waals surface area contributed by atoms with Crippen LogP contribution in [-0.4, -0.2) is 13.4 Å². The molecule has 0 fully saturated rings. The van der Waals surface area contributed by atoms with Gasteiger partial charge in [-0.05, 0) is 18.2 Å². The van der Waals surface area contributed by atoms with Crippen LogP contribution in [0.25, 0.3) is 0 Å². The van der Waals surface area contributed by atoms with E-state index in [-0.39, 0.29) is 5.56 Å². The van der Waals surface area contributed by atoms with Gasteiger partial charge in [0, 0.05) is 0 Å². The van der Waals surface area contributed by atoms with E-state index in [1.165, 1.54) is 19.2 Å². The second-order valence-corrected chi connectivity index (χ2v) is 1.95. The number of ether oxygens (including phenoxy) is 1. The van der Waals surface area contributed by atoms with Gasteiger partial charge in [0.1, 0.15) is 11.6 Å². The molecule has 0 unspecified atom stereocenters. The van der Waals surface area contributed by atoms with E-state index in [1.807, 2.05) is 0 Å². The number of benzene rings is 1. The highest BCUT2D eigenvalue weighted by Crippen LogP contribution is 2.16. The lowest BCUT2D eigenvalue weighted by Gasteiger charge is -2.00. The van der Waals surface area contributed by atoms with Crippen LogP contribution in [0.2, 0.25) is 0 Å². The number of halogens is 1. The molecular weight excluding hydrogens is 147 g/mol. The lowest BCUT2D eigenvalue weighted by molar-refractivity contribution is 0.412. The van der Waals surface area contributed by atoms with Crippen molar-refractivity contribution in [2.75, 3.05) is 7.11 Å². The molecule has 1 aromatic carbocycles. The molecule has 11 heavy (non-hydrogen) atoms. The van der Waals surface area contributed by atoms with Gasteiger partial charge in [-0.3, -0.25) is 4.79 Å². The Morgan fingerprint density at radius 2 is 2.27 bits per heavy atom. The van der Waals surface area contributed by atoms with Gasteiger partial charge in [0.25, 0.3) is 0 Å². The van der Waals surface area contributed by atoms with Crippen LogP contribution in [-0.2, 0) is 4.79 Å². The van der Waals surface area contributed by atoms with Crippen LogP contribution < -0.4 is 4.74 Å². The van der Waals surface area contributed by atoms with Crippen molar-refractivity contribution in [2.45, 2.75) is 0 Å². The summed E-state index contributed by atoms with van der Waals surface area (Å²) in [4.78, 5) is 10.2. The molecule has 0 saturated heterocycles. The van der Waals surface area contributed by atoms with E-state index in [0.717, 1.165) is 6.07 Å². The van der Waals surface area contributed by atoms with Gasteiger partial charge in [0.2, 0.25) is 6.29 Å². The highest BCUT2D eigenvalue weighted by Gasteiger charge is 2.02. The maximum absolute atomic E-state index is 12.4. The van der Waals surface area contributed by atoms with E-state index in [4.69, 9.17) is 4.74 Å². The van der Waals surface area contributed by atoms with E-state index in [9.17, 15) is 9.18 Å². The molecule has 0 atom stereocenters. The van der Waals surface area contributed by atoms with Crippen molar-refractivity contribution in [3.8, 4) is 5.75 Å². The van der Waals surface area contributed by atoms with Gasteiger partial charge >= 0.3 is 0 Å². The fourth-order valence-electron chi connectivity index (χ4n) is 0.760. The van der Waals surface area contributed by atoms with Gasteiger partial charge in [0.15, 0.2) is 0 Å². The summed E-state index contributed by atoms with van der Waals surface area (Å²) in [6.45, 7) is 0. The molecule has 0 heterocycles. The molecule has 0 aliphatic rings. The molecule has 0 saturated carbocycles. The average Bonchev–Trinajstić information content (AvgIpc) is 2.04. The summed E-state index contributed by atoms with van der Waals surface area (Å²) in [5.41, 5.74) is 0.104. The van der Waals surface area contributed by atoms with Crippen molar-refractivity contribution >= 4 is 6.29 Å². The minimum atomic E-state index is -0.468. The third kappa shape index (κ3) is 1.55. The predicted octanol–water partition coefficient (Wildman–Crippen LogP) is 1.29. The monoisotopic (exact) mass is 153 g/mol. The van der Waals surface area contributed by atoms with E-state index in [0.29, 0.717) is 5.75 Å². The first-order valence-corrected chi connectivity index (χ1v) is 2.99. The lowest BCUT2D eigenvalue weighted by Crippen LogP contribution is -1.90. The molecule has 0 aliphatic heterocycles. The zero-order chi connectivity index (χ0) is 8.27. The van der Waals surface area contributed by atoms with Crippen LogP contribution in [0.3, 0.4) is 0 Å². The quantitative estimate of drug-likeness (QED) is 0.640. The van der Waals surface area contributed by atoms with Crippen molar-refractivity contribution in [3.05, 3.63) is 29.6 Å². The molecule has 0 spiro atoms. The lowest BCUT2D eigenvalue weighted by atomic mass is 10.2. The van der Waals surface area contributed by atoms with E-state index >= 15 is 0 Å². The molecule has 0 aliphatic carbocycles. The Hall–Kier alpha value is -1.38. The van der Waals surface area contributed by atoms with Crippen LogP contribution in [0.15, 0.2) is 18.2 Å². The minimum absolute atomic E-state index is 0.104. The molecule has 0 bridgehead atoms. The second-order valence-electron chi connectivity index (χ2n) is 1.95. The maximum Gasteiger partial charge on any atom is 0.237 e. The largest absolute Gasteiger partial charge is 0.496 e. The molecule has 2 nitrogen and oxygen atoms in total. The van der Waals surface area contributed by atoms with Crippen LogP contribution in [0, 0.1) is 5.82 Å². The highest BCUT2D eigenvalue weighted by molar-refractivity contribution is 5.79. The summed E-state index contributed by atoms with van der Waals surface area (Å²) < 4.78 is 17.2. The Labute approximate surface area is 63.6 Å². The fraction of sp³-hybridized carbons (Fsp3) is 0.125. The Kier molecular flexibility index (Phi) is 2.21. The summed E-state index contributed by atoms with van der Waals surface area (Å²) in [7, 11) is 1.41. The first-order valence-electron chi connectivity index (χ1n) is 2.99. The van der Waals surface area contributed by atoms with Crippen molar-refractivity contribution in [1.29, 1.82) is 0 Å². The molecule has 1 rings (SSSR count). The molecule has 3 heteroatoms. The molecule has 0 aromatic heterocycles. The highest BCUT2D eigenvalue weighted by atomic mass is 19.1. The smallest absolute Gasteiger partial charge is 0.237 e. The fourth-order valence-corrected chi connectivity index (χ4v) is 0.760. The topological polar surface area (TPSA) is 26.3 Å². The maximum atomic E-state index is 12.4.